The Kier molecular flexibility index (Phi) is 7.90. The first-order chi connectivity index (χ1) is 20.3. The van der Waals surface area contributed by atoms with Crippen LogP contribution in [0.15, 0.2) is 18.5 Å². The summed E-state index contributed by atoms with van der Waals surface area (Å²) in [5.41, 5.74) is 3.89. The number of piperazine rings is 2. The van der Waals surface area contributed by atoms with Crippen molar-refractivity contribution in [2.45, 2.75) is 50.8 Å². The van der Waals surface area contributed by atoms with E-state index in [1.165, 1.54) is 0 Å². The molecular formula is C29H41N9O4. The number of nitrogens with zero attached hydrogens (tertiary/aromatic N) is 7. The number of hydrogen-bond donors (Lipinski definition) is 2. The van der Waals surface area contributed by atoms with Crippen LogP contribution in [-0.4, -0.2) is 130 Å². The zero-order chi connectivity index (χ0) is 29.4. The minimum absolute atomic E-state index is 0.101. The number of Topliss-reactive ketones (excluding diaryl/α,β-unsaturated/α-hetero) is 1. The highest BCUT2D eigenvalue weighted by atomic mass is 16.7. The lowest BCUT2D eigenvalue weighted by molar-refractivity contribution is -0.172. The van der Waals surface area contributed by atoms with Gasteiger partial charge in [-0.25, -0.2) is 14.5 Å². The molecule has 0 radical (unpaired) electrons. The largest absolute Gasteiger partial charge is 0.381 e. The summed E-state index contributed by atoms with van der Waals surface area (Å²) < 4.78 is 1.83. The maximum absolute atomic E-state index is 14.2. The molecule has 6 rings (SSSR count). The molecule has 1 aliphatic carbocycles. The van der Waals surface area contributed by atoms with Gasteiger partial charge in [0, 0.05) is 89.5 Å². The number of aryl methyl sites for hydroxylation is 1. The highest BCUT2D eigenvalue weighted by Gasteiger charge is 2.54. The lowest BCUT2D eigenvalue weighted by Gasteiger charge is -2.40. The van der Waals surface area contributed by atoms with E-state index in [-0.39, 0.29) is 23.6 Å². The fourth-order valence-electron chi connectivity index (χ4n) is 6.23. The molecule has 3 fully saturated rings. The van der Waals surface area contributed by atoms with Crippen molar-refractivity contribution in [2.75, 3.05) is 71.8 Å². The Morgan fingerprint density at radius 3 is 2.14 bits per heavy atom. The molecule has 2 aromatic rings. The molecule has 0 unspecified atom stereocenters. The number of nitrogens with one attached hydrogen (secondary N) is 2. The van der Waals surface area contributed by atoms with Gasteiger partial charge < -0.3 is 24.9 Å². The second-order valence-corrected chi connectivity index (χ2v) is 11.9. The number of fused-ring (bicyclic) bond motifs is 1. The van der Waals surface area contributed by atoms with Crippen molar-refractivity contribution in [3.8, 4) is 0 Å². The van der Waals surface area contributed by atoms with Gasteiger partial charge in [-0.2, -0.15) is 5.10 Å². The van der Waals surface area contributed by atoms with Crippen LogP contribution in [0.25, 0.3) is 16.7 Å². The van der Waals surface area contributed by atoms with Crippen LogP contribution < -0.4 is 10.8 Å². The molecule has 2 N–H and O–H groups in total. The first kappa shape index (κ1) is 28.6. The number of amides is 2. The standard InChI is InChI=1S/C29H41N9O4/c1-4-38-26-23(19-31-38)25(32-20-5-7-21(39)8-6-20)22(18-30-26)24-17-29(42-33-24,27(40)36-13-9-34(2)10-14-36)28(41)37-15-11-35(3)12-16-37/h17-20,33H,4-16H2,1-3H3,(H,30,32). The van der Waals surface area contributed by atoms with Gasteiger partial charge in [0.25, 0.3) is 17.4 Å². The van der Waals surface area contributed by atoms with Crippen LogP contribution in [0, 0.1) is 0 Å². The minimum Gasteiger partial charge on any atom is -0.381 e. The molecule has 2 saturated heterocycles. The van der Waals surface area contributed by atoms with Gasteiger partial charge in [0.05, 0.1) is 23.0 Å². The zero-order valence-electron chi connectivity index (χ0n) is 24.8. The summed E-state index contributed by atoms with van der Waals surface area (Å²) in [6, 6.07) is 0.101. The Bertz CT molecular complexity index is 1340. The molecule has 3 aliphatic heterocycles. The van der Waals surface area contributed by atoms with E-state index >= 15 is 0 Å². The van der Waals surface area contributed by atoms with Crippen LogP contribution in [0.5, 0.6) is 0 Å². The quantitative estimate of drug-likeness (QED) is 0.468. The topological polar surface area (TPSA) is 128 Å². The Hall–Kier alpha value is -3.55. The number of anilines is 1. The average molecular weight is 580 g/mol. The minimum atomic E-state index is -1.82. The molecule has 0 aromatic carbocycles. The van der Waals surface area contributed by atoms with Gasteiger partial charge in [-0.15, -0.1) is 0 Å². The summed E-state index contributed by atoms with van der Waals surface area (Å²) in [5, 5.41) is 9.03. The van der Waals surface area contributed by atoms with Crippen molar-refractivity contribution in [1.29, 1.82) is 0 Å². The number of hydrogen-bond acceptors (Lipinski definition) is 10. The van der Waals surface area contributed by atoms with E-state index < -0.39 is 5.60 Å². The van der Waals surface area contributed by atoms with Crippen LogP contribution in [0.4, 0.5) is 5.69 Å². The number of rotatable bonds is 6. The van der Waals surface area contributed by atoms with E-state index in [9.17, 15) is 14.4 Å². The maximum Gasteiger partial charge on any atom is 0.272 e. The molecular weight excluding hydrogens is 538 g/mol. The molecule has 2 amide bonds. The van der Waals surface area contributed by atoms with Crippen molar-refractivity contribution in [2.24, 2.45) is 0 Å². The van der Waals surface area contributed by atoms with Crippen molar-refractivity contribution in [1.82, 2.24) is 39.8 Å². The smallest absolute Gasteiger partial charge is 0.272 e. The second kappa shape index (κ2) is 11.6. The molecule has 5 heterocycles. The van der Waals surface area contributed by atoms with Gasteiger partial charge in [-0.1, -0.05) is 0 Å². The second-order valence-electron chi connectivity index (χ2n) is 11.9. The Morgan fingerprint density at radius 1 is 0.976 bits per heavy atom. The lowest BCUT2D eigenvalue weighted by atomic mass is 9.93. The summed E-state index contributed by atoms with van der Waals surface area (Å²) in [5.74, 6) is -0.416. The van der Waals surface area contributed by atoms with Gasteiger partial charge in [0.2, 0.25) is 0 Å². The first-order valence-electron chi connectivity index (χ1n) is 15.0. The fourth-order valence-corrected chi connectivity index (χ4v) is 6.23. The maximum atomic E-state index is 14.2. The Labute approximate surface area is 245 Å². The van der Waals surface area contributed by atoms with E-state index in [0.29, 0.717) is 56.8 Å². The van der Waals surface area contributed by atoms with E-state index in [1.54, 1.807) is 28.3 Å². The van der Waals surface area contributed by atoms with E-state index in [1.807, 2.05) is 25.7 Å². The predicted molar refractivity (Wildman–Crippen MR) is 157 cm³/mol. The number of likely N-dealkylation sites (N-methyl/N-ethyl adjacent to an activating group) is 2. The SMILES string of the molecule is CCn1ncc2c(NC3CCC(=O)CC3)c(C3=CC(C(=O)N4CCN(C)CC4)(C(=O)N4CCN(C)CC4)ON3)cnc21. The normalized spacial score (nSPS) is 22.4. The van der Waals surface area contributed by atoms with Gasteiger partial charge in [0.1, 0.15) is 5.78 Å². The van der Waals surface area contributed by atoms with Gasteiger partial charge in [0.15, 0.2) is 5.65 Å². The van der Waals surface area contributed by atoms with Crippen molar-refractivity contribution < 1.29 is 19.2 Å². The van der Waals surface area contributed by atoms with Crippen molar-refractivity contribution in [3.63, 3.8) is 0 Å². The van der Waals surface area contributed by atoms with Crippen LogP contribution in [0.3, 0.4) is 0 Å². The number of carbonyl (C=O) groups excluding carboxylic acids is 3. The summed E-state index contributed by atoms with van der Waals surface area (Å²) >= 11 is 0. The monoisotopic (exact) mass is 579 g/mol. The summed E-state index contributed by atoms with van der Waals surface area (Å²) in [6.07, 6.45) is 7.74. The molecule has 0 spiro atoms. The molecule has 1 saturated carbocycles. The molecule has 0 bridgehead atoms. The van der Waals surface area contributed by atoms with E-state index in [2.05, 4.69) is 25.7 Å². The third-order valence-corrected chi connectivity index (χ3v) is 9.03. The molecule has 13 heteroatoms. The number of carbonyl (C=O) groups is 3. The number of ketones is 1. The molecule has 13 nitrogen and oxygen atoms in total. The van der Waals surface area contributed by atoms with Crippen molar-refractivity contribution in [3.05, 3.63) is 24.0 Å². The van der Waals surface area contributed by atoms with Gasteiger partial charge >= 0.3 is 0 Å². The average Bonchev–Trinajstić information content (AvgIpc) is 3.64. The first-order valence-corrected chi connectivity index (χ1v) is 15.0. The summed E-state index contributed by atoms with van der Waals surface area (Å²) in [6.45, 7) is 7.70. The summed E-state index contributed by atoms with van der Waals surface area (Å²) in [7, 11) is 4.05. The van der Waals surface area contributed by atoms with Crippen LogP contribution in [-0.2, 0) is 25.8 Å². The number of aromatic nitrogens is 3. The van der Waals surface area contributed by atoms with E-state index in [0.717, 1.165) is 55.7 Å². The molecule has 0 atom stereocenters. The van der Waals surface area contributed by atoms with Crippen LogP contribution in [0.1, 0.15) is 38.2 Å². The number of hydroxylamine groups is 1. The summed E-state index contributed by atoms with van der Waals surface area (Å²) in [4.78, 5) is 59.0. The zero-order valence-corrected chi connectivity index (χ0v) is 24.8. The fraction of sp³-hybridized carbons (Fsp3) is 0.621. The third kappa shape index (κ3) is 5.25. The highest BCUT2D eigenvalue weighted by molar-refractivity contribution is 6.13. The van der Waals surface area contributed by atoms with Crippen LogP contribution >= 0.6 is 0 Å². The Morgan fingerprint density at radius 2 is 1.57 bits per heavy atom. The molecule has 4 aliphatic rings. The third-order valence-electron chi connectivity index (χ3n) is 9.03. The predicted octanol–water partition coefficient (Wildman–Crippen LogP) is 0.537. The van der Waals surface area contributed by atoms with Crippen LogP contribution in [0.2, 0.25) is 0 Å². The van der Waals surface area contributed by atoms with E-state index in [4.69, 9.17) is 9.82 Å². The van der Waals surface area contributed by atoms with Gasteiger partial charge in [-0.3, -0.25) is 19.9 Å². The molecule has 2 aromatic heterocycles. The number of pyridine rings is 1. The molecule has 226 valence electrons. The molecule has 42 heavy (non-hydrogen) atoms. The lowest BCUT2D eigenvalue weighted by Crippen LogP contribution is -2.63. The Balaban J connectivity index is 1.40. The van der Waals surface area contributed by atoms with Gasteiger partial charge in [-0.05, 0) is 39.9 Å². The van der Waals surface area contributed by atoms with Crippen molar-refractivity contribution >= 4 is 40.0 Å². The highest BCUT2D eigenvalue weighted by Crippen LogP contribution is 2.37.